The molecule has 0 saturated carbocycles. The summed E-state index contributed by atoms with van der Waals surface area (Å²) >= 11 is 0. The summed E-state index contributed by atoms with van der Waals surface area (Å²) in [5.41, 5.74) is 5.71. The fraction of sp³-hybridized carbons (Fsp3) is 1.00. The van der Waals surface area contributed by atoms with Gasteiger partial charge in [0.05, 0.1) is 6.10 Å². The lowest BCUT2D eigenvalue weighted by Crippen LogP contribution is -2.33. The zero-order valence-corrected chi connectivity index (χ0v) is 10.2. The summed E-state index contributed by atoms with van der Waals surface area (Å²) in [6.07, 6.45) is 4.14. The van der Waals surface area contributed by atoms with Crippen LogP contribution in [-0.4, -0.2) is 32.3 Å². The van der Waals surface area contributed by atoms with Gasteiger partial charge in [-0.25, -0.2) is 0 Å². The Balaban J connectivity index is 1.99. The maximum Gasteiger partial charge on any atom is 0.0588 e. The lowest BCUT2D eigenvalue weighted by atomic mass is 9.96. The molecule has 0 amide bonds. The molecule has 3 nitrogen and oxygen atoms in total. The molecule has 1 rings (SSSR count). The molecule has 3 heteroatoms. The Labute approximate surface area is 93.8 Å². The van der Waals surface area contributed by atoms with Crippen molar-refractivity contribution < 1.29 is 4.74 Å². The fourth-order valence-electron chi connectivity index (χ4n) is 2.01. The van der Waals surface area contributed by atoms with E-state index in [4.69, 9.17) is 10.5 Å². The molecule has 1 heterocycles. The van der Waals surface area contributed by atoms with E-state index in [0.29, 0.717) is 17.9 Å². The van der Waals surface area contributed by atoms with E-state index in [1.807, 2.05) is 0 Å². The van der Waals surface area contributed by atoms with Crippen LogP contribution in [0.15, 0.2) is 0 Å². The van der Waals surface area contributed by atoms with Crippen LogP contribution in [0.25, 0.3) is 0 Å². The molecule has 1 aliphatic heterocycles. The molecule has 3 N–H and O–H groups in total. The van der Waals surface area contributed by atoms with Gasteiger partial charge >= 0.3 is 0 Å². The van der Waals surface area contributed by atoms with Crippen LogP contribution in [0.3, 0.4) is 0 Å². The summed E-state index contributed by atoms with van der Waals surface area (Å²) in [7, 11) is 0. The Morgan fingerprint density at radius 3 is 2.80 bits per heavy atom. The highest BCUT2D eigenvalue weighted by atomic mass is 16.5. The standard InChI is InChI=1S/C12H26N2O/c1-10(2)11(8-13)9-14-6-5-12-4-3-7-15-12/h10-12,14H,3-9,13H2,1-2H3. The maximum absolute atomic E-state index is 5.71. The highest BCUT2D eigenvalue weighted by Gasteiger charge is 2.15. The van der Waals surface area contributed by atoms with Crippen LogP contribution in [0.4, 0.5) is 0 Å². The molecular formula is C12H26N2O. The van der Waals surface area contributed by atoms with E-state index >= 15 is 0 Å². The van der Waals surface area contributed by atoms with E-state index in [-0.39, 0.29) is 0 Å². The number of nitrogens with one attached hydrogen (secondary N) is 1. The van der Waals surface area contributed by atoms with Gasteiger partial charge in [-0.05, 0) is 50.7 Å². The van der Waals surface area contributed by atoms with Crippen molar-refractivity contribution in [3.8, 4) is 0 Å². The molecule has 1 fully saturated rings. The summed E-state index contributed by atoms with van der Waals surface area (Å²) in [5.74, 6) is 1.28. The van der Waals surface area contributed by atoms with Crippen LogP contribution in [0.1, 0.15) is 33.1 Å². The van der Waals surface area contributed by atoms with E-state index < -0.39 is 0 Å². The predicted molar refractivity (Wildman–Crippen MR) is 63.8 cm³/mol. The van der Waals surface area contributed by atoms with Gasteiger partial charge in [-0.1, -0.05) is 13.8 Å². The third kappa shape index (κ3) is 4.96. The van der Waals surface area contributed by atoms with E-state index in [1.54, 1.807) is 0 Å². The van der Waals surface area contributed by atoms with Gasteiger partial charge in [-0.15, -0.1) is 0 Å². The number of nitrogens with two attached hydrogens (primary N) is 1. The van der Waals surface area contributed by atoms with Crippen molar-refractivity contribution in [2.24, 2.45) is 17.6 Å². The molecule has 0 radical (unpaired) electrons. The van der Waals surface area contributed by atoms with Crippen LogP contribution < -0.4 is 11.1 Å². The summed E-state index contributed by atoms with van der Waals surface area (Å²) in [5, 5.41) is 3.48. The van der Waals surface area contributed by atoms with E-state index in [9.17, 15) is 0 Å². The third-order valence-corrected chi connectivity index (χ3v) is 3.32. The highest BCUT2D eigenvalue weighted by molar-refractivity contribution is 4.69. The summed E-state index contributed by atoms with van der Waals surface area (Å²) in [6, 6.07) is 0. The zero-order valence-electron chi connectivity index (χ0n) is 10.2. The van der Waals surface area contributed by atoms with Gasteiger partial charge in [-0.3, -0.25) is 0 Å². The second-order valence-electron chi connectivity index (χ2n) is 4.87. The van der Waals surface area contributed by atoms with Gasteiger partial charge in [0.1, 0.15) is 0 Å². The van der Waals surface area contributed by atoms with E-state index in [2.05, 4.69) is 19.2 Å². The van der Waals surface area contributed by atoms with Gasteiger partial charge in [0, 0.05) is 6.61 Å². The largest absolute Gasteiger partial charge is 0.378 e. The van der Waals surface area contributed by atoms with Gasteiger partial charge in [0.25, 0.3) is 0 Å². The Kier molecular flexibility index (Phi) is 6.22. The summed E-state index contributed by atoms with van der Waals surface area (Å²) in [4.78, 5) is 0. The van der Waals surface area contributed by atoms with Gasteiger partial charge < -0.3 is 15.8 Å². The first-order valence-electron chi connectivity index (χ1n) is 6.26. The normalized spacial score (nSPS) is 23.6. The number of hydrogen-bond donors (Lipinski definition) is 2. The minimum Gasteiger partial charge on any atom is -0.378 e. The van der Waals surface area contributed by atoms with Crippen molar-refractivity contribution in [3.63, 3.8) is 0 Å². The van der Waals surface area contributed by atoms with Crippen molar-refractivity contribution in [2.75, 3.05) is 26.2 Å². The lowest BCUT2D eigenvalue weighted by Gasteiger charge is -2.19. The highest BCUT2D eigenvalue weighted by Crippen LogP contribution is 2.14. The molecule has 0 aromatic carbocycles. The monoisotopic (exact) mass is 214 g/mol. The molecule has 0 aromatic heterocycles. The fourth-order valence-corrected chi connectivity index (χ4v) is 2.01. The van der Waals surface area contributed by atoms with Gasteiger partial charge in [0.15, 0.2) is 0 Å². The van der Waals surface area contributed by atoms with E-state index in [0.717, 1.165) is 32.7 Å². The Morgan fingerprint density at radius 1 is 1.47 bits per heavy atom. The number of hydrogen-bond acceptors (Lipinski definition) is 3. The first-order chi connectivity index (χ1) is 7.24. The molecule has 15 heavy (non-hydrogen) atoms. The lowest BCUT2D eigenvalue weighted by molar-refractivity contribution is 0.104. The molecule has 2 unspecified atom stereocenters. The zero-order chi connectivity index (χ0) is 11.1. The molecule has 0 aromatic rings. The molecule has 0 bridgehead atoms. The summed E-state index contributed by atoms with van der Waals surface area (Å²) < 4.78 is 5.57. The van der Waals surface area contributed by atoms with Crippen molar-refractivity contribution in [1.82, 2.24) is 5.32 Å². The minimum atomic E-state index is 0.507. The molecule has 2 atom stereocenters. The smallest absolute Gasteiger partial charge is 0.0588 e. The van der Waals surface area contributed by atoms with E-state index in [1.165, 1.54) is 12.8 Å². The Hall–Kier alpha value is -0.120. The predicted octanol–water partition coefficient (Wildman–Crippen LogP) is 1.38. The molecule has 1 saturated heterocycles. The first kappa shape index (κ1) is 12.9. The van der Waals surface area contributed by atoms with Crippen LogP contribution in [0, 0.1) is 11.8 Å². The van der Waals surface area contributed by atoms with Crippen molar-refractivity contribution in [1.29, 1.82) is 0 Å². The second kappa shape index (κ2) is 7.20. The molecule has 90 valence electrons. The average molecular weight is 214 g/mol. The first-order valence-corrected chi connectivity index (χ1v) is 6.26. The quantitative estimate of drug-likeness (QED) is 0.629. The summed E-state index contributed by atoms with van der Waals surface area (Å²) in [6.45, 7) is 8.32. The van der Waals surface area contributed by atoms with Crippen molar-refractivity contribution >= 4 is 0 Å². The molecule has 0 aliphatic carbocycles. The topological polar surface area (TPSA) is 47.3 Å². The number of rotatable bonds is 7. The maximum atomic E-state index is 5.71. The Bertz CT molecular complexity index is 156. The average Bonchev–Trinajstić information content (AvgIpc) is 2.70. The third-order valence-electron chi connectivity index (χ3n) is 3.32. The second-order valence-corrected chi connectivity index (χ2v) is 4.87. The van der Waals surface area contributed by atoms with Crippen LogP contribution in [0.5, 0.6) is 0 Å². The Morgan fingerprint density at radius 2 is 2.27 bits per heavy atom. The van der Waals surface area contributed by atoms with Crippen molar-refractivity contribution in [3.05, 3.63) is 0 Å². The van der Waals surface area contributed by atoms with Gasteiger partial charge in [0.2, 0.25) is 0 Å². The molecule has 0 spiro atoms. The molecule has 1 aliphatic rings. The van der Waals surface area contributed by atoms with Crippen LogP contribution in [-0.2, 0) is 4.74 Å². The number of ether oxygens (including phenoxy) is 1. The van der Waals surface area contributed by atoms with Gasteiger partial charge in [-0.2, -0.15) is 0 Å². The van der Waals surface area contributed by atoms with Crippen molar-refractivity contribution in [2.45, 2.75) is 39.2 Å². The van der Waals surface area contributed by atoms with Crippen LogP contribution in [0.2, 0.25) is 0 Å². The van der Waals surface area contributed by atoms with Crippen LogP contribution >= 0.6 is 0 Å². The minimum absolute atomic E-state index is 0.507. The molecular weight excluding hydrogens is 188 g/mol. The SMILES string of the molecule is CC(C)C(CN)CNCCC1CCCO1.